The first-order valence-corrected chi connectivity index (χ1v) is 6.49. The second kappa shape index (κ2) is 6.18. The summed E-state index contributed by atoms with van der Waals surface area (Å²) in [5, 5.41) is 3.07. The number of anilines is 3. The molecule has 106 valence electrons. The minimum Gasteiger partial charge on any atom is -0.467 e. The standard InChI is InChI=1S/C14H19N5O/c1-5-15-12-16-13(18-14(17-12)20-4)19(3)11-9-7-6-8-10(11)2/h6-9H,5H2,1-4H3,(H,15,16,17,18). The Morgan fingerprint density at radius 3 is 2.60 bits per heavy atom. The van der Waals surface area contributed by atoms with Gasteiger partial charge >= 0.3 is 6.01 Å². The molecule has 0 spiro atoms. The van der Waals surface area contributed by atoms with Gasteiger partial charge in [0.2, 0.25) is 11.9 Å². The van der Waals surface area contributed by atoms with Crippen LogP contribution >= 0.6 is 0 Å². The molecule has 0 saturated heterocycles. The van der Waals surface area contributed by atoms with E-state index in [1.54, 1.807) is 7.11 Å². The summed E-state index contributed by atoms with van der Waals surface area (Å²) in [6, 6.07) is 8.37. The molecule has 0 atom stereocenters. The second-order valence-corrected chi connectivity index (χ2v) is 4.32. The van der Waals surface area contributed by atoms with E-state index in [1.807, 2.05) is 37.1 Å². The van der Waals surface area contributed by atoms with Crippen LogP contribution in [0.3, 0.4) is 0 Å². The van der Waals surface area contributed by atoms with Crippen molar-refractivity contribution in [1.29, 1.82) is 0 Å². The van der Waals surface area contributed by atoms with Crippen LogP contribution < -0.4 is 15.0 Å². The van der Waals surface area contributed by atoms with Gasteiger partial charge in [0.25, 0.3) is 0 Å². The molecule has 0 bridgehead atoms. The summed E-state index contributed by atoms with van der Waals surface area (Å²) >= 11 is 0. The lowest BCUT2D eigenvalue weighted by atomic mass is 10.2. The molecule has 1 aromatic carbocycles. The van der Waals surface area contributed by atoms with Crippen molar-refractivity contribution < 1.29 is 4.74 Å². The van der Waals surface area contributed by atoms with Crippen LogP contribution in [0.5, 0.6) is 6.01 Å². The molecule has 0 radical (unpaired) electrons. The number of ether oxygens (including phenoxy) is 1. The zero-order chi connectivity index (χ0) is 14.5. The molecule has 1 aromatic heterocycles. The third-order valence-electron chi connectivity index (χ3n) is 2.90. The normalized spacial score (nSPS) is 10.2. The predicted molar refractivity (Wildman–Crippen MR) is 79.8 cm³/mol. The molecular formula is C14H19N5O. The summed E-state index contributed by atoms with van der Waals surface area (Å²) in [5.74, 6) is 1.05. The molecule has 0 fully saturated rings. The fourth-order valence-electron chi connectivity index (χ4n) is 1.87. The first-order valence-electron chi connectivity index (χ1n) is 6.49. The van der Waals surface area contributed by atoms with Gasteiger partial charge in [-0.05, 0) is 25.5 Å². The Balaban J connectivity index is 2.40. The van der Waals surface area contributed by atoms with E-state index in [0.717, 1.165) is 17.8 Å². The largest absolute Gasteiger partial charge is 0.467 e. The van der Waals surface area contributed by atoms with Gasteiger partial charge in [-0.25, -0.2) is 0 Å². The van der Waals surface area contributed by atoms with E-state index in [0.29, 0.717) is 17.9 Å². The van der Waals surface area contributed by atoms with Crippen molar-refractivity contribution in [3.63, 3.8) is 0 Å². The van der Waals surface area contributed by atoms with E-state index < -0.39 is 0 Å². The van der Waals surface area contributed by atoms with Crippen molar-refractivity contribution in [2.75, 3.05) is 30.9 Å². The summed E-state index contributed by atoms with van der Waals surface area (Å²) in [6.45, 7) is 4.77. The van der Waals surface area contributed by atoms with E-state index >= 15 is 0 Å². The smallest absolute Gasteiger partial charge is 0.322 e. The summed E-state index contributed by atoms with van der Waals surface area (Å²) in [5.41, 5.74) is 2.20. The highest BCUT2D eigenvalue weighted by atomic mass is 16.5. The summed E-state index contributed by atoms with van der Waals surface area (Å²) < 4.78 is 5.13. The maximum atomic E-state index is 5.13. The third kappa shape index (κ3) is 2.96. The Morgan fingerprint density at radius 2 is 1.95 bits per heavy atom. The minimum atomic E-state index is 0.298. The van der Waals surface area contributed by atoms with Crippen molar-refractivity contribution >= 4 is 17.6 Å². The summed E-state index contributed by atoms with van der Waals surface area (Å²) in [7, 11) is 3.47. The first-order chi connectivity index (χ1) is 9.65. The fraction of sp³-hybridized carbons (Fsp3) is 0.357. The number of nitrogens with one attached hydrogen (secondary N) is 1. The van der Waals surface area contributed by atoms with Crippen LogP contribution in [-0.2, 0) is 0 Å². The molecule has 6 nitrogen and oxygen atoms in total. The van der Waals surface area contributed by atoms with Crippen LogP contribution in [0.25, 0.3) is 0 Å². The third-order valence-corrected chi connectivity index (χ3v) is 2.90. The van der Waals surface area contributed by atoms with Gasteiger partial charge in [0.1, 0.15) is 0 Å². The maximum Gasteiger partial charge on any atom is 0.322 e. The Kier molecular flexibility index (Phi) is 4.34. The van der Waals surface area contributed by atoms with Gasteiger partial charge in [-0.15, -0.1) is 0 Å². The van der Waals surface area contributed by atoms with Gasteiger partial charge in [0, 0.05) is 19.3 Å². The Labute approximate surface area is 118 Å². The molecule has 0 aliphatic rings. The average molecular weight is 273 g/mol. The molecular weight excluding hydrogens is 254 g/mol. The molecule has 6 heteroatoms. The highest BCUT2D eigenvalue weighted by Gasteiger charge is 2.13. The number of aryl methyl sites for hydroxylation is 1. The maximum absolute atomic E-state index is 5.13. The molecule has 0 unspecified atom stereocenters. The van der Waals surface area contributed by atoms with Crippen LogP contribution in [0.1, 0.15) is 12.5 Å². The van der Waals surface area contributed by atoms with Crippen molar-refractivity contribution in [2.45, 2.75) is 13.8 Å². The monoisotopic (exact) mass is 273 g/mol. The lowest BCUT2D eigenvalue weighted by molar-refractivity contribution is 0.379. The molecule has 0 aliphatic heterocycles. The lowest BCUT2D eigenvalue weighted by Gasteiger charge is -2.20. The number of aromatic nitrogens is 3. The number of nitrogens with zero attached hydrogens (tertiary/aromatic N) is 4. The van der Waals surface area contributed by atoms with Crippen molar-refractivity contribution in [3.05, 3.63) is 29.8 Å². The molecule has 2 rings (SSSR count). The number of benzene rings is 1. The summed E-state index contributed by atoms with van der Waals surface area (Å²) in [6.07, 6.45) is 0. The molecule has 1 heterocycles. The van der Waals surface area contributed by atoms with Crippen LogP contribution in [-0.4, -0.2) is 35.7 Å². The van der Waals surface area contributed by atoms with Gasteiger partial charge in [-0.1, -0.05) is 18.2 Å². The van der Waals surface area contributed by atoms with Gasteiger partial charge in [-0.3, -0.25) is 0 Å². The average Bonchev–Trinajstić information content (AvgIpc) is 2.47. The van der Waals surface area contributed by atoms with Crippen molar-refractivity contribution in [3.8, 4) is 6.01 Å². The minimum absolute atomic E-state index is 0.298. The molecule has 2 aromatic rings. The second-order valence-electron chi connectivity index (χ2n) is 4.32. The Bertz CT molecular complexity index is 588. The van der Waals surface area contributed by atoms with Crippen LogP contribution in [0.2, 0.25) is 0 Å². The predicted octanol–water partition coefficient (Wildman–Crippen LogP) is 2.39. The van der Waals surface area contributed by atoms with Crippen LogP contribution in [0.15, 0.2) is 24.3 Å². The molecule has 20 heavy (non-hydrogen) atoms. The molecule has 1 N–H and O–H groups in total. The van der Waals surface area contributed by atoms with Gasteiger partial charge in [0.05, 0.1) is 7.11 Å². The number of para-hydroxylation sites is 1. The SMILES string of the molecule is CCNc1nc(OC)nc(N(C)c2ccccc2C)n1. The zero-order valence-corrected chi connectivity index (χ0v) is 12.2. The lowest BCUT2D eigenvalue weighted by Crippen LogP contribution is -2.16. The van der Waals surface area contributed by atoms with E-state index in [4.69, 9.17) is 4.74 Å². The van der Waals surface area contributed by atoms with E-state index in [9.17, 15) is 0 Å². The number of hydrogen-bond acceptors (Lipinski definition) is 6. The molecule has 0 amide bonds. The fourth-order valence-corrected chi connectivity index (χ4v) is 1.87. The van der Waals surface area contributed by atoms with Crippen LogP contribution in [0, 0.1) is 6.92 Å². The molecule has 0 aliphatic carbocycles. The quantitative estimate of drug-likeness (QED) is 0.902. The first kappa shape index (κ1) is 14.0. The Morgan fingerprint density at radius 1 is 1.20 bits per heavy atom. The van der Waals surface area contributed by atoms with E-state index in [-0.39, 0.29) is 0 Å². The summed E-state index contributed by atoms with van der Waals surface area (Å²) in [4.78, 5) is 14.8. The topological polar surface area (TPSA) is 63.2 Å². The number of rotatable bonds is 5. The van der Waals surface area contributed by atoms with Gasteiger partial charge in [0.15, 0.2) is 0 Å². The van der Waals surface area contributed by atoms with Crippen molar-refractivity contribution in [2.24, 2.45) is 0 Å². The zero-order valence-electron chi connectivity index (χ0n) is 12.2. The Hall–Kier alpha value is -2.37. The highest BCUT2D eigenvalue weighted by molar-refractivity contribution is 5.61. The van der Waals surface area contributed by atoms with Crippen molar-refractivity contribution in [1.82, 2.24) is 15.0 Å². The molecule has 0 saturated carbocycles. The van der Waals surface area contributed by atoms with E-state index in [2.05, 4.69) is 33.3 Å². The van der Waals surface area contributed by atoms with Gasteiger partial charge < -0.3 is 15.0 Å². The van der Waals surface area contributed by atoms with E-state index in [1.165, 1.54) is 0 Å². The highest BCUT2D eigenvalue weighted by Crippen LogP contribution is 2.25. The number of hydrogen-bond donors (Lipinski definition) is 1. The van der Waals surface area contributed by atoms with Crippen LogP contribution in [0.4, 0.5) is 17.6 Å². The van der Waals surface area contributed by atoms with Gasteiger partial charge in [-0.2, -0.15) is 15.0 Å². The number of methoxy groups -OCH3 is 1.